The molecule has 23 heavy (non-hydrogen) atoms. The molecule has 0 amide bonds. The summed E-state index contributed by atoms with van der Waals surface area (Å²) in [4.78, 5) is 0. The zero-order valence-corrected chi connectivity index (χ0v) is 13.5. The van der Waals surface area contributed by atoms with Crippen molar-refractivity contribution in [3.05, 3.63) is 53.4 Å². The molecule has 0 saturated carbocycles. The van der Waals surface area contributed by atoms with Gasteiger partial charge >= 0.3 is 0 Å². The first kappa shape index (κ1) is 17.3. The van der Waals surface area contributed by atoms with Crippen LogP contribution >= 0.6 is 0 Å². The van der Waals surface area contributed by atoms with Crippen LogP contribution in [0.25, 0.3) is 0 Å². The Kier molecular flexibility index (Phi) is 4.65. The third-order valence-electron chi connectivity index (χ3n) is 3.24. The van der Waals surface area contributed by atoms with E-state index in [1.807, 2.05) is 0 Å². The van der Waals surface area contributed by atoms with E-state index >= 15 is 0 Å². The maximum absolute atomic E-state index is 13.9. The van der Waals surface area contributed by atoms with Crippen molar-refractivity contribution in [2.45, 2.75) is 13.1 Å². The average Bonchev–Trinajstić information content (AvgIpc) is 2.51. The molecule has 124 valence electrons. The SMILES string of the molecule is COc1ccc(O[Si](C)(C)c2c(F)c(F)c(F)c(F)c2F)cc1. The molecule has 0 aliphatic carbocycles. The first-order chi connectivity index (χ1) is 10.7. The van der Waals surface area contributed by atoms with E-state index < -0.39 is 42.6 Å². The van der Waals surface area contributed by atoms with Crippen molar-refractivity contribution in [3.63, 3.8) is 0 Å². The lowest BCUT2D eigenvalue weighted by molar-refractivity contribution is 0.382. The lowest BCUT2D eigenvalue weighted by atomic mass is 10.3. The van der Waals surface area contributed by atoms with Gasteiger partial charge in [0.15, 0.2) is 23.3 Å². The van der Waals surface area contributed by atoms with E-state index in [1.165, 1.54) is 32.3 Å². The van der Waals surface area contributed by atoms with Crippen LogP contribution in [0.4, 0.5) is 22.0 Å². The minimum absolute atomic E-state index is 0.242. The van der Waals surface area contributed by atoms with E-state index in [2.05, 4.69) is 0 Å². The highest BCUT2D eigenvalue weighted by Crippen LogP contribution is 2.24. The summed E-state index contributed by atoms with van der Waals surface area (Å²) >= 11 is 0. The van der Waals surface area contributed by atoms with Crippen molar-refractivity contribution in [1.82, 2.24) is 0 Å². The summed E-state index contributed by atoms with van der Waals surface area (Å²) < 4.78 is 78.2. The van der Waals surface area contributed by atoms with Crippen LogP contribution in [0, 0.1) is 29.1 Å². The molecule has 0 unspecified atom stereocenters. The molecule has 2 nitrogen and oxygen atoms in total. The molecule has 0 bridgehead atoms. The van der Waals surface area contributed by atoms with Crippen LogP contribution in [0.2, 0.25) is 13.1 Å². The Labute approximate surface area is 130 Å². The van der Waals surface area contributed by atoms with Gasteiger partial charge in [-0.3, -0.25) is 0 Å². The van der Waals surface area contributed by atoms with E-state index in [1.54, 1.807) is 12.1 Å². The monoisotopic (exact) mass is 348 g/mol. The summed E-state index contributed by atoms with van der Waals surface area (Å²) in [5.41, 5.74) is 0. The van der Waals surface area contributed by atoms with Crippen molar-refractivity contribution >= 4 is 13.5 Å². The number of halogens is 5. The fourth-order valence-electron chi connectivity index (χ4n) is 2.12. The van der Waals surface area contributed by atoms with Gasteiger partial charge in [0.2, 0.25) is 5.82 Å². The number of hydrogen-bond acceptors (Lipinski definition) is 2. The molecule has 0 spiro atoms. The summed E-state index contributed by atoms with van der Waals surface area (Å²) in [5.74, 6) is -9.06. The van der Waals surface area contributed by atoms with Gasteiger partial charge in [-0.15, -0.1) is 0 Å². The predicted molar refractivity (Wildman–Crippen MR) is 77.0 cm³/mol. The molecule has 0 aliphatic rings. The maximum atomic E-state index is 13.9. The number of benzene rings is 2. The van der Waals surface area contributed by atoms with E-state index in [0.717, 1.165) is 0 Å². The summed E-state index contributed by atoms with van der Waals surface area (Å²) in [6.45, 7) is 2.69. The second kappa shape index (κ2) is 6.19. The molecule has 0 atom stereocenters. The van der Waals surface area contributed by atoms with Gasteiger partial charge in [0, 0.05) is 0 Å². The quantitative estimate of drug-likeness (QED) is 0.361. The number of methoxy groups -OCH3 is 1. The van der Waals surface area contributed by atoms with Crippen molar-refractivity contribution in [3.8, 4) is 11.5 Å². The van der Waals surface area contributed by atoms with Crippen molar-refractivity contribution in [2.75, 3.05) is 7.11 Å². The number of rotatable bonds is 4. The highest BCUT2D eigenvalue weighted by Gasteiger charge is 2.39. The van der Waals surface area contributed by atoms with Crippen molar-refractivity contribution < 1.29 is 31.1 Å². The molecule has 0 aromatic heterocycles. The lowest BCUT2D eigenvalue weighted by Crippen LogP contribution is -2.52. The normalized spacial score (nSPS) is 11.5. The summed E-state index contributed by atoms with van der Waals surface area (Å²) in [5, 5.41) is -0.898. The van der Waals surface area contributed by atoms with Crippen LogP contribution in [0.1, 0.15) is 0 Å². The molecule has 8 heteroatoms. The van der Waals surface area contributed by atoms with E-state index in [-0.39, 0.29) is 5.75 Å². The standard InChI is InChI=1S/C15H13F5O2Si/c1-21-8-4-6-9(7-5-8)22-23(2,3)15-13(19)11(17)10(16)12(18)14(15)20/h4-7H,1-3H3. The minimum Gasteiger partial charge on any atom is -0.539 e. The molecule has 2 rings (SSSR count). The summed E-state index contributed by atoms with van der Waals surface area (Å²) in [6.07, 6.45) is 0. The van der Waals surface area contributed by atoms with Gasteiger partial charge in [-0.2, -0.15) is 0 Å². The Bertz CT molecular complexity index is 703. The van der Waals surface area contributed by atoms with E-state index in [9.17, 15) is 22.0 Å². The largest absolute Gasteiger partial charge is 0.539 e. The molecule has 0 radical (unpaired) electrons. The molecular weight excluding hydrogens is 335 g/mol. The van der Waals surface area contributed by atoms with Gasteiger partial charge in [0.1, 0.15) is 11.5 Å². The van der Waals surface area contributed by atoms with Gasteiger partial charge < -0.3 is 9.16 Å². The van der Waals surface area contributed by atoms with Gasteiger partial charge in [0.05, 0.1) is 12.3 Å². The molecule has 0 N–H and O–H groups in total. The Morgan fingerprint density at radius 2 is 1.09 bits per heavy atom. The molecular formula is C15H13F5O2Si. The fraction of sp³-hybridized carbons (Fsp3) is 0.200. The van der Waals surface area contributed by atoms with Crippen LogP contribution in [-0.2, 0) is 0 Å². The zero-order chi connectivity index (χ0) is 17.4. The third kappa shape index (κ3) is 3.17. The highest BCUT2D eigenvalue weighted by atomic mass is 28.4. The molecule has 0 fully saturated rings. The maximum Gasteiger partial charge on any atom is 0.282 e. The first-order valence-electron chi connectivity index (χ1n) is 6.54. The average molecular weight is 348 g/mol. The smallest absolute Gasteiger partial charge is 0.282 e. The first-order valence-corrected chi connectivity index (χ1v) is 9.45. The molecule has 2 aromatic carbocycles. The Morgan fingerprint density at radius 3 is 1.52 bits per heavy atom. The van der Waals surface area contributed by atoms with Gasteiger partial charge in [0.25, 0.3) is 8.32 Å². The molecule has 0 heterocycles. The Hall–Kier alpha value is -2.09. The molecule has 2 aromatic rings. The zero-order valence-electron chi connectivity index (χ0n) is 12.5. The van der Waals surface area contributed by atoms with Crippen LogP contribution in [0.15, 0.2) is 24.3 Å². The highest BCUT2D eigenvalue weighted by molar-refractivity contribution is 6.85. The summed E-state index contributed by atoms with van der Waals surface area (Å²) in [6, 6.07) is 6.08. The van der Waals surface area contributed by atoms with Crippen LogP contribution < -0.4 is 14.3 Å². The van der Waals surface area contributed by atoms with Gasteiger partial charge in [-0.25, -0.2) is 22.0 Å². The van der Waals surface area contributed by atoms with Crippen LogP contribution in [-0.4, -0.2) is 15.4 Å². The lowest BCUT2D eigenvalue weighted by Gasteiger charge is -2.26. The second-order valence-electron chi connectivity index (χ2n) is 5.23. The Morgan fingerprint density at radius 1 is 0.696 bits per heavy atom. The molecule has 0 saturated heterocycles. The van der Waals surface area contributed by atoms with Crippen molar-refractivity contribution in [2.24, 2.45) is 0 Å². The topological polar surface area (TPSA) is 18.5 Å². The number of hydrogen-bond donors (Lipinski definition) is 0. The Balaban J connectivity index is 2.46. The molecule has 0 aliphatic heterocycles. The van der Waals surface area contributed by atoms with Crippen LogP contribution in [0.3, 0.4) is 0 Å². The fourth-order valence-corrected chi connectivity index (χ4v) is 4.23. The van der Waals surface area contributed by atoms with Crippen LogP contribution in [0.5, 0.6) is 11.5 Å². The summed E-state index contributed by atoms with van der Waals surface area (Å²) in [7, 11) is -2.00. The van der Waals surface area contributed by atoms with E-state index in [0.29, 0.717) is 5.75 Å². The second-order valence-corrected chi connectivity index (χ2v) is 8.96. The minimum atomic E-state index is -3.46. The third-order valence-corrected chi connectivity index (χ3v) is 5.63. The van der Waals surface area contributed by atoms with Gasteiger partial charge in [-0.1, -0.05) is 0 Å². The van der Waals surface area contributed by atoms with E-state index in [4.69, 9.17) is 9.16 Å². The van der Waals surface area contributed by atoms with Crippen molar-refractivity contribution in [1.29, 1.82) is 0 Å². The van der Waals surface area contributed by atoms with Gasteiger partial charge in [-0.05, 0) is 37.4 Å². The number of ether oxygens (including phenoxy) is 1. The predicted octanol–water partition coefficient (Wildman–Crippen LogP) is 3.88.